The van der Waals surface area contributed by atoms with E-state index >= 15 is 0 Å². The summed E-state index contributed by atoms with van der Waals surface area (Å²) in [4.78, 5) is 14.9. The van der Waals surface area contributed by atoms with E-state index in [0.29, 0.717) is 6.54 Å². The number of nitrogens with zero attached hydrogens (tertiary/aromatic N) is 2. The van der Waals surface area contributed by atoms with Gasteiger partial charge in [-0.1, -0.05) is 43.3 Å². The number of nitriles is 1. The van der Waals surface area contributed by atoms with Crippen molar-refractivity contribution < 1.29 is 4.79 Å². The molecular formula is C26H29N3O. The van der Waals surface area contributed by atoms with E-state index in [1.54, 1.807) is 11.1 Å². The van der Waals surface area contributed by atoms with Crippen LogP contribution in [0.4, 0.5) is 5.69 Å². The quantitative estimate of drug-likeness (QED) is 0.569. The van der Waals surface area contributed by atoms with E-state index in [1.165, 1.54) is 41.5 Å². The summed E-state index contributed by atoms with van der Waals surface area (Å²) in [5, 5.41) is 13.0. The Bertz CT molecular complexity index is 1000. The number of fused-ring (bicyclic) bond motifs is 2. The van der Waals surface area contributed by atoms with Crippen molar-refractivity contribution in [2.75, 3.05) is 11.4 Å². The highest BCUT2D eigenvalue weighted by molar-refractivity contribution is 6.08. The number of hydrogen-bond donors (Lipinski definition) is 1. The van der Waals surface area contributed by atoms with Gasteiger partial charge in [0.1, 0.15) is 11.6 Å². The topological polar surface area (TPSA) is 56.1 Å². The van der Waals surface area contributed by atoms with Crippen LogP contribution in [0.5, 0.6) is 0 Å². The van der Waals surface area contributed by atoms with Gasteiger partial charge in [-0.15, -0.1) is 0 Å². The maximum absolute atomic E-state index is 13.1. The fourth-order valence-corrected chi connectivity index (χ4v) is 4.64. The van der Waals surface area contributed by atoms with Crippen LogP contribution in [-0.2, 0) is 24.1 Å². The van der Waals surface area contributed by atoms with Crippen LogP contribution < -0.4 is 10.2 Å². The molecule has 0 aromatic heterocycles. The molecular weight excluding hydrogens is 370 g/mol. The average molecular weight is 400 g/mol. The molecule has 30 heavy (non-hydrogen) atoms. The highest BCUT2D eigenvalue weighted by Gasteiger charge is 2.25. The van der Waals surface area contributed by atoms with E-state index in [1.807, 2.05) is 18.2 Å². The molecule has 0 radical (unpaired) electrons. The lowest BCUT2D eigenvalue weighted by Crippen LogP contribution is -2.36. The summed E-state index contributed by atoms with van der Waals surface area (Å²) in [7, 11) is 0. The van der Waals surface area contributed by atoms with Gasteiger partial charge in [0.2, 0.25) is 0 Å². The Labute approximate surface area is 179 Å². The summed E-state index contributed by atoms with van der Waals surface area (Å²) in [5.74, 6) is -0.225. The van der Waals surface area contributed by atoms with Gasteiger partial charge < -0.3 is 10.2 Å². The maximum Gasteiger partial charge on any atom is 0.270 e. The molecule has 1 heterocycles. The molecule has 1 unspecified atom stereocenters. The minimum absolute atomic E-state index is 0.0852. The number of carbonyl (C=O) groups is 1. The average Bonchev–Trinajstić information content (AvgIpc) is 2.81. The van der Waals surface area contributed by atoms with Crippen molar-refractivity contribution in [3.8, 4) is 6.07 Å². The zero-order valence-corrected chi connectivity index (χ0v) is 17.7. The van der Waals surface area contributed by atoms with Crippen molar-refractivity contribution >= 4 is 11.6 Å². The highest BCUT2D eigenvalue weighted by atomic mass is 16.2. The molecule has 4 rings (SSSR count). The van der Waals surface area contributed by atoms with E-state index in [2.05, 4.69) is 42.6 Å². The van der Waals surface area contributed by atoms with Crippen molar-refractivity contribution in [1.29, 1.82) is 5.26 Å². The Hall–Kier alpha value is -3.06. The molecule has 1 aliphatic heterocycles. The van der Waals surface area contributed by atoms with Crippen molar-refractivity contribution in [3.63, 3.8) is 0 Å². The zero-order valence-electron chi connectivity index (χ0n) is 17.7. The van der Waals surface area contributed by atoms with Gasteiger partial charge in [-0.05, 0) is 73.3 Å². The van der Waals surface area contributed by atoms with Crippen molar-refractivity contribution in [2.45, 2.75) is 57.9 Å². The Morgan fingerprint density at radius 2 is 1.87 bits per heavy atom. The molecule has 2 aliphatic rings. The van der Waals surface area contributed by atoms with E-state index < -0.39 is 0 Å². The van der Waals surface area contributed by atoms with Gasteiger partial charge in [0, 0.05) is 18.4 Å². The fourth-order valence-electron chi connectivity index (χ4n) is 4.64. The minimum Gasteiger partial charge on any atom is -0.383 e. The number of anilines is 1. The van der Waals surface area contributed by atoms with E-state index in [9.17, 15) is 10.1 Å². The monoisotopic (exact) mass is 399 g/mol. The minimum atomic E-state index is -0.225. The molecule has 0 saturated carbocycles. The molecule has 1 aliphatic carbocycles. The van der Waals surface area contributed by atoms with Crippen LogP contribution in [0.3, 0.4) is 0 Å². The molecule has 1 N–H and O–H groups in total. The smallest absolute Gasteiger partial charge is 0.270 e. The molecule has 4 heteroatoms. The van der Waals surface area contributed by atoms with Gasteiger partial charge >= 0.3 is 0 Å². The van der Waals surface area contributed by atoms with Gasteiger partial charge in [-0.3, -0.25) is 4.79 Å². The number of para-hydroxylation sites is 1. The standard InChI is InChI=1S/C26H29N3O/c1-2-24(22-14-13-19-8-3-4-10-21(19)16-22)28-18-23(17-27)26(30)29-15-7-11-20-9-5-6-12-25(20)29/h5-6,9,12-14,16,18,24,28H,2-4,7-8,10-11,15H2,1H3/b23-18-. The first kappa shape index (κ1) is 20.2. The van der Waals surface area contributed by atoms with Crippen LogP contribution in [-0.4, -0.2) is 12.5 Å². The molecule has 2 aromatic rings. The third kappa shape index (κ3) is 4.11. The molecule has 0 bridgehead atoms. The zero-order chi connectivity index (χ0) is 20.9. The first-order valence-corrected chi connectivity index (χ1v) is 11.1. The lowest BCUT2D eigenvalue weighted by atomic mass is 9.89. The van der Waals surface area contributed by atoms with Gasteiger partial charge in [0.25, 0.3) is 5.91 Å². The van der Waals surface area contributed by atoms with Gasteiger partial charge in [-0.25, -0.2) is 0 Å². The van der Waals surface area contributed by atoms with Gasteiger partial charge in [-0.2, -0.15) is 5.26 Å². The van der Waals surface area contributed by atoms with Crippen LogP contribution in [0.1, 0.15) is 60.9 Å². The largest absolute Gasteiger partial charge is 0.383 e. The number of hydrogen-bond acceptors (Lipinski definition) is 3. The number of carbonyl (C=O) groups excluding carboxylic acids is 1. The van der Waals surface area contributed by atoms with Crippen LogP contribution in [0, 0.1) is 11.3 Å². The molecule has 4 nitrogen and oxygen atoms in total. The van der Waals surface area contributed by atoms with E-state index in [0.717, 1.165) is 31.4 Å². The Kier molecular flexibility index (Phi) is 6.18. The second-order valence-corrected chi connectivity index (χ2v) is 8.22. The fraction of sp³-hybridized carbons (Fsp3) is 0.385. The number of nitrogens with one attached hydrogen (secondary N) is 1. The predicted molar refractivity (Wildman–Crippen MR) is 120 cm³/mol. The first-order chi connectivity index (χ1) is 14.7. The Balaban J connectivity index is 1.53. The molecule has 0 fully saturated rings. The lowest BCUT2D eigenvalue weighted by Gasteiger charge is -2.29. The van der Waals surface area contributed by atoms with E-state index in [-0.39, 0.29) is 17.5 Å². The second kappa shape index (κ2) is 9.17. The number of amides is 1. The molecule has 0 saturated heterocycles. The van der Waals surface area contributed by atoms with Crippen molar-refractivity contribution in [1.82, 2.24) is 5.32 Å². The Morgan fingerprint density at radius 1 is 1.10 bits per heavy atom. The normalized spacial score (nSPS) is 16.8. The van der Waals surface area contributed by atoms with Crippen LogP contribution in [0.2, 0.25) is 0 Å². The highest BCUT2D eigenvalue weighted by Crippen LogP contribution is 2.28. The Morgan fingerprint density at radius 3 is 2.67 bits per heavy atom. The van der Waals surface area contributed by atoms with Crippen molar-refractivity contribution in [3.05, 3.63) is 76.5 Å². The molecule has 1 amide bonds. The number of aryl methyl sites for hydroxylation is 3. The maximum atomic E-state index is 13.1. The summed E-state index contributed by atoms with van der Waals surface area (Å²) < 4.78 is 0. The molecule has 154 valence electrons. The van der Waals surface area contributed by atoms with E-state index in [4.69, 9.17) is 0 Å². The summed E-state index contributed by atoms with van der Waals surface area (Å²) in [6, 6.07) is 16.9. The lowest BCUT2D eigenvalue weighted by molar-refractivity contribution is -0.114. The van der Waals surface area contributed by atoms with Crippen molar-refractivity contribution in [2.24, 2.45) is 0 Å². The summed E-state index contributed by atoms with van der Waals surface area (Å²) in [6.07, 6.45) is 9.24. The predicted octanol–water partition coefficient (Wildman–Crippen LogP) is 4.99. The second-order valence-electron chi connectivity index (χ2n) is 8.22. The number of benzene rings is 2. The van der Waals surface area contributed by atoms with Gasteiger partial charge in [0.15, 0.2) is 0 Å². The molecule has 0 spiro atoms. The summed E-state index contributed by atoms with van der Waals surface area (Å²) >= 11 is 0. The SMILES string of the molecule is CCC(N/C=C(/C#N)C(=O)N1CCCc2ccccc21)c1ccc2c(c1)CCCC2. The first-order valence-electron chi connectivity index (χ1n) is 11.1. The van der Waals surface area contributed by atoms with Crippen LogP contribution in [0.25, 0.3) is 0 Å². The molecule has 1 atom stereocenters. The van der Waals surface area contributed by atoms with Gasteiger partial charge in [0.05, 0.1) is 6.04 Å². The van der Waals surface area contributed by atoms with Crippen LogP contribution in [0.15, 0.2) is 54.2 Å². The van der Waals surface area contributed by atoms with Crippen LogP contribution >= 0.6 is 0 Å². The number of rotatable bonds is 5. The third-order valence-electron chi connectivity index (χ3n) is 6.32. The summed E-state index contributed by atoms with van der Waals surface area (Å²) in [6.45, 7) is 2.77. The third-order valence-corrected chi connectivity index (χ3v) is 6.32. The molecule has 2 aromatic carbocycles. The summed E-state index contributed by atoms with van der Waals surface area (Å²) in [5.41, 5.74) is 6.39.